The minimum atomic E-state index is -4.23. The summed E-state index contributed by atoms with van der Waals surface area (Å²) < 4.78 is 34.6. The maximum Gasteiger partial charge on any atom is 0.264 e. The summed E-state index contributed by atoms with van der Waals surface area (Å²) in [7, 11) is -4.23. The largest absolute Gasteiger partial charge is 0.492 e. The number of likely N-dealkylation sites (N-methyl/N-ethyl adjacent to an activating group) is 1. The van der Waals surface area contributed by atoms with Crippen LogP contribution in [0.4, 0.5) is 5.69 Å². The number of benzene rings is 3. The molecule has 8 nitrogen and oxygen atoms in total. The number of aryl methyl sites for hydroxylation is 1. The molecule has 0 aliphatic heterocycles. The number of carbonyl (C=O) groups excluding carboxylic acids is 2. The zero-order valence-electron chi connectivity index (χ0n) is 22.6. The van der Waals surface area contributed by atoms with E-state index in [4.69, 9.17) is 16.3 Å². The van der Waals surface area contributed by atoms with Crippen LogP contribution >= 0.6 is 11.6 Å². The Hall–Kier alpha value is -3.56. The van der Waals surface area contributed by atoms with Gasteiger partial charge >= 0.3 is 0 Å². The Kier molecular flexibility index (Phi) is 10.4. The molecule has 0 aliphatic carbocycles. The predicted octanol–water partition coefficient (Wildman–Crippen LogP) is 4.80. The summed E-state index contributed by atoms with van der Waals surface area (Å²) >= 11 is 6.00. The average molecular weight is 572 g/mol. The molecule has 0 spiro atoms. The molecule has 0 aliphatic rings. The van der Waals surface area contributed by atoms with Gasteiger partial charge in [0, 0.05) is 18.1 Å². The van der Waals surface area contributed by atoms with Crippen molar-refractivity contribution in [1.29, 1.82) is 0 Å². The first-order valence-electron chi connectivity index (χ1n) is 12.7. The molecule has 0 radical (unpaired) electrons. The molecule has 0 saturated heterocycles. The van der Waals surface area contributed by atoms with Crippen molar-refractivity contribution in [3.63, 3.8) is 0 Å². The molecule has 2 amide bonds. The van der Waals surface area contributed by atoms with Crippen molar-refractivity contribution in [1.82, 2.24) is 10.2 Å². The molecule has 0 fully saturated rings. The van der Waals surface area contributed by atoms with E-state index < -0.39 is 28.5 Å². The number of hydrogen-bond donors (Lipinski definition) is 1. The fourth-order valence-corrected chi connectivity index (χ4v) is 5.65. The SMILES string of the molecule is CCNC(=O)[C@@H](C)N(Cc1cccc(C)c1)C(=O)CN(c1ccccc1OCC)S(=O)(=O)c1ccc(Cl)cc1. The fraction of sp³-hybridized carbons (Fsp3) is 0.310. The molecule has 0 bridgehead atoms. The van der Waals surface area contributed by atoms with Gasteiger partial charge in [-0.25, -0.2) is 8.42 Å². The number of halogens is 1. The summed E-state index contributed by atoms with van der Waals surface area (Å²) in [5.41, 5.74) is 2.04. The van der Waals surface area contributed by atoms with Gasteiger partial charge < -0.3 is 15.0 Å². The second-order valence-electron chi connectivity index (χ2n) is 8.95. The fourth-order valence-electron chi connectivity index (χ4n) is 4.10. The Morgan fingerprint density at radius 3 is 2.33 bits per heavy atom. The lowest BCUT2D eigenvalue weighted by Gasteiger charge is -2.32. The van der Waals surface area contributed by atoms with E-state index in [1.165, 1.54) is 29.2 Å². The van der Waals surface area contributed by atoms with Crippen molar-refractivity contribution in [3.8, 4) is 5.75 Å². The number of sulfonamides is 1. The molecule has 10 heteroatoms. The van der Waals surface area contributed by atoms with Gasteiger partial charge in [-0.1, -0.05) is 53.6 Å². The third kappa shape index (κ3) is 7.52. The Morgan fingerprint density at radius 2 is 1.69 bits per heavy atom. The second-order valence-corrected chi connectivity index (χ2v) is 11.2. The predicted molar refractivity (Wildman–Crippen MR) is 153 cm³/mol. The highest BCUT2D eigenvalue weighted by Gasteiger charge is 2.33. The number of hydrogen-bond acceptors (Lipinski definition) is 5. The maximum absolute atomic E-state index is 13.9. The number of nitrogens with one attached hydrogen (secondary N) is 1. The Labute approximate surface area is 235 Å². The van der Waals surface area contributed by atoms with Gasteiger partial charge in [-0.15, -0.1) is 0 Å². The highest BCUT2D eigenvalue weighted by atomic mass is 35.5. The number of ether oxygens (including phenoxy) is 1. The van der Waals surface area contributed by atoms with E-state index in [1.54, 1.807) is 45.0 Å². The first-order chi connectivity index (χ1) is 18.6. The van der Waals surface area contributed by atoms with Gasteiger partial charge in [-0.05, 0) is 69.7 Å². The standard InChI is InChI=1S/C29H34ClN3O5S/c1-5-31-29(35)22(4)32(19-23-11-9-10-21(3)18-23)28(34)20-33(26-12-7-8-13-27(26)38-6-2)39(36,37)25-16-14-24(30)15-17-25/h7-18,22H,5-6,19-20H2,1-4H3,(H,31,35)/t22-/m1/s1. The molecule has 3 aromatic rings. The van der Waals surface area contributed by atoms with Crippen LogP contribution < -0.4 is 14.4 Å². The Bertz CT molecular complexity index is 1400. The highest BCUT2D eigenvalue weighted by molar-refractivity contribution is 7.92. The summed E-state index contributed by atoms with van der Waals surface area (Å²) in [6.07, 6.45) is 0. The van der Waals surface area contributed by atoms with Crippen LogP contribution in [-0.4, -0.2) is 50.9 Å². The van der Waals surface area contributed by atoms with Crippen molar-refractivity contribution in [2.45, 2.75) is 45.2 Å². The van der Waals surface area contributed by atoms with Crippen LogP contribution in [0.5, 0.6) is 5.75 Å². The minimum absolute atomic E-state index is 0.0342. The van der Waals surface area contributed by atoms with Crippen LogP contribution in [-0.2, 0) is 26.2 Å². The van der Waals surface area contributed by atoms with Gasteiger partial charge in [0.05, 0.1) is 17.2 Å². The van der Waals surface area contributed by atoms with Gasteiger partial charge in [-0.2, -0.15) is 0 Å². The van der Waals surface area contributed by atoms with E-state index in [1.807, 2.05) is 31.2 Å². The van der Waals surface area contributed by atoms with Gasteiger partial charge in [0.1, 0.15) is 18.3 Å². The highest BCUT2D eigenvalue weighted by Crippen LogP contribution is 2.33. The van der Waals surface area contributed by atoms with E-state index in [0.29, 0.717) is 23.9 Å². The molecule has 0 heterocycles. The molecule has 0 aromatic heterocycles. The molecule has 0 saturated carbocycles. The smallest absolute Gasteiger partial charge is 0.264 e. The van der Waals surface area contributed by atoms with Crippen molar-refractivity contribution in [2.24, 2.45) is 0 Å². The van der Waals surface area contributed by atoms with Crippen molar-refractivity contribution < 1.29 is 22.7 Å². The van der Waals surface area contributed by atoms with Crippen LogP contribution in [0.1, 0.15) is 31.9 Å². The Morgan fingerprint density at radius 1 is 1.00 bits per heavy atom. The monoisotopic (exact) mass is 571 g/mol. The van der Waals surface area contributed by atoms with Crippen LogP contribution in [0.3, 0.4) is 0 Å². The van der Waals surface area contributed by atoms with E-state index in [0.717, 1.165) is 15.4 Å². The molecule has 1 N–H and O–H groups in total. The number of amides is 2. The number of nitrogens with zero attached hydrogens (tertiary/aromatic N) is 2. The van der Waals surface area contributed by atoms with Crippen molar-refractivity contribution >= 4 is 39.1 Å². The lowest BCUT2D eigenvalue weighted by molar-refractivity contribution is -0.139. The van der Waals surface area contributed by atoms with Gasteiger partial charge in [0.2, 0.25) is 11.8 Å². The first kappa shape index (κ1) is 30.0. The van der Waals surface area contributed by atoms with Gasteiger partial charge in [0.25, 0.3) is 10.0 Å². The second kappa shape index (κ2) is 13.5. The number of carbonyl (C=O) groups is 2. The summed E-state index contributed by atoms with van der Waals surface area (Å²) in [5.74, 6) is -0.563. The number of anilines is 1. The summed E-state index contributed by atoms with van der Waals surface area (Å²) in [4.78, 5) is 28.1. The van der Waals surface area contributed by atoms with Crippen LogP contribution in [0.25, 0.3) is 0 Å². The van der Waals surface area contributed by atoms with E-state index in [9.17, 15) is 18.0 Å². The topological polar surface area (TPSA) is 96.0 Å². The molecular weight excluding hydrogens is 538 g/mol. The van der Waals surface area contributed by atoms with E-state index in [2.05, 4.69) is 5.32 Å². The molecular formula is C29H34ClN3O5S. The van der Waals surface area contributed by atoms with Crippen molar-refractivity contribution in [2.75, 3.05) is 24.0 Å². The van der Waals surface area contributed by atoms with Gasteiger partial charge in [0.15, 0.2) is 0 Å². The van der Waals surface area contributed by atoms with E-state index in [-0.39, 0.29) is 23.0 Å². The average Bonchev–Trinajstić information content (AvgIpc) is 2.91. The Balaban J connectivity index is 2.08. The maximum atomic E-state index is 13.9. The van der Waals surface area contributed by atoms with Gasteiger partial charge in [-0.3, -0.25) is 13.9 Å². The first-order valence-corrected chi connectivity index (χ1v) is 14.5. The summed E-state index contributed by atoms with van der Waals surface area (Å²) in [6.45, 7) is 7.42. The number of para-hydroxylation sites is 2. The minimum Gasteiger partial charge on any atom is -0.492 e. The van der Waals surface area contributed by atoms with Crippen molar-refractivity contribution in [3.05, 3.63) is 88.9 Å². The van der Waals surface area contributed by atoms with Crippen LogP contribution in [0.2, 0.25) is 5.02 Å². The lowest BCUT2D eigenvalue weighted by atomic mass is 10.1. The molecule has 1 atom stereocenters. The third-order valence-electron chi connectivity index (χ3n) is 6.07. The molecule has 3 rings (SSSR count). The summed E-state index contributed by atoms with van der Waals surface area (Å²) in [6, 6.07) is 19.1. The normalized spacial score (nSPS) is 11.9. The quantitative estimate of drug-likeness (QED) is 0.337. The molecule has 3 aromatic carbocycles. The van der Waals surface area contributed by atoms with E-state index >= 15 is 0 Å². The number of rotatable bonds is 12. The zero-order chi connectivity index (χ0) is 28.6. The zero-order valence-corrected chi connectivity index (χ0v) is 24.1. The molecule has 208 valence electrons. The third-order valence-corrected chi connectivity index (χ3v) is 8.09. The summed E-state index contributed by atoms with van der Waals surface area (Å²) in [5, 5.41) is 3.13. The van der Waals surface area contributed by atoms with Crippen LogP contribution in [0.15, 0.2) is 77.7 Å². The molecule has 39 heavy (non-hydrogen) atoms. The lowest BCUT2D eigenvalue weighted by Crippen LogP contribution is -2.51. The molecule has 0 unspecified atom stereocenters. The van der Waals surface area contributed by atoms with Crippen LogP contribution in [0, 0.1) is 6.92 Å².